The highest BCUT2D eigenvalue weighted by atomic mass is 32.2. The monoisotopic (exact) mass is 478 g/mol. The number of piperazine rings is 1. The van der Waals surface area contributed by atoms with Gasteiger partial charge in [-0.05, 0) is 64.4 Å². The Bertz CT molecular complexity index is 1120. The first-order chi connectivity index (χ1) is 15.2. The number of benzene rings is 2. The molecule has 4 nitrogen and oxygen atoms in total. The van der Waals surface area contributed by atoms with Gasteiger partial charge in [-0.1, -0.05) is 6.07 Å². The summed E-state index contributed by atoms with van der Waals surface area (Å²) in [4.78, 5) is 17.7. The maximum absolute atomic E-state index is 13.4. The average Bonchev–Trinajstić information content (AvgIpc) is 3.32. The van der Waals surface area contributed by atoms with Crippen LogP contribution in [0.2, 0.25) is 0 Å². The average molecular weight is 479 g/mol. The molecule has 1 amide bonds. The van der Waals surface area contributed by atoms with Crippen molar-refractivity contribution in [1.29, 1.82) is 0 Å². The summed E-state index contributed by atoms with van der Waals surface area (Å²) in [6.07, 6.45) is -2.78. The molecule has 168 valence electrons. The minimum absolute atomic E-state index is 0.134. The molecule has 1 fully saturated rings. The molecule has 1 aliphatic rings. The lowest BCUT2D eigenvalue weighted by atomic mass is 10.0. The van der Waals surface area contributed by atoms with E-state index in [1.165, 1.54) is 23.5 Å². The van der Waals surface area contributed by atoms with Gasteiger partial charge in [0, 0.05) is 59.4 Å². The predicted octanol–water partition coefficient (Wildman–Crippen LogP) is 5.13. The fourth-order valence-electron chi connectivity index (χ4n) is 3.75. The number of hydrogen-bond donors (Lipinski definition) is 0. The molecule has 9 heteroatoms. The Morgan fingerprint density at radius 1 is 1.00 bits per heavy atom. The van der Waals surface area contributed by atoms with E-state index in [0.717, 1.165) is 23.3 Å². The normalized spacial score (nSPS) is 15.6. The highest BCUT2D eigenvalue weighted by Crippen LogP contribution is 2.31. The van der Waals surface area contributed by atoms with E-state index in [4.69, 9.17) is 0 Å². The van der Waals surface area contributed by atoms with Crippen molar-refractivity contribution in [2.75, 3.05) is 37.3 Å². The Hall–Kier alpha value is -2.65. The van der Waals surface area contributed by atoms with Crippen LogP contribution in [-0.2, 0) is 17.0 Å². The van der Waals surface area contributed by atoms with E-state index in [2.05, 4.69) is 0 Å². The molecule has 2 heterocycles. The molecule has 2 aromatic carbocycles. The number of hydrogen-bond acceptors (Lipinski definition) is 4. The second kappa shape index (κ2) is 9.07. The van der Waals surface area contributed by atoms with Crippen LogP contribution in [-0.4, -0.2) is 47.5 Å². The molecule has 0 N–H and O–H groups in total. The number of rotatable bonds is 4. The van der Waals surface area contributed by atoms with Gasteiger partial charge < -0.3 is 9.80 Å². The molecule has 3 aromatic rings. The Morgan fingerprint density at radius 3 is 2.25 bits per heavy atom. The highest BCUT2D eigenvalue weighted by Gasteiger charge is 2.30. The van der Waals surface area contributed by atoms with Crippen LogP contribution in [0.3, 0.4) is 0 Å². The number of alkyl halides is 3. The van der Waals surface area contributed by atoms with Gasteiger partial charge in [0.2, 0.25) is 0 Å². The second-order valence-corrected chi connectivity index (χ2v) is 9.66. The smallest absolute Gasteiger partial charge is 0.368 e. The standard InChI is InChI=1S/C23H21F3N2O2S2/c1-32(30)19-6-7-20(16-8-13-31-15-16)21(14-19)22(29)28-11-9-27(10-12-28)18-4-2-17(3-5-18)23(24,25)26/h2-8,13-15H,9-12H2,1H3. The molecule has 1 aliphatic heterocycles. The first-order valence-electron chi connectivity index (χ1n) is 9.95. The van der Waals surface area contributed by atoms with Gasteiger partial charge in [-0.15, -0.1) is 0 Å². The summed E-state index contributed by atoms with van der Waals surface area (Å²) in [7, 11) is -1.21. The van der Waals surface area contributed by atoms with Crippen molar-refractivity contribution in [1.82, 2.24) is 4.90 Å². The van der Waals surface area contributed by atoms with Crippen LogP contribution in [0.5, 0.6) is 0 Å². The fourth-order valence-corrected chi connectivity index (χ4v) is 4.95. The van der Waals surface area contributed by atoms with Crippen LogP contribution < -0.4 is 4.90 Å². The third-order valence-corrected chi connectivity index (χ3v) is 7.11. The number of nitrogens with zero attached hydrogens (tertiary/aromatic N) is 2. The van der Waals surface area contributed by atoms with Gasteiger partial charge in [-0.3, -0.25) is 9.00 Å². The molecule has 0 saturated carbocycles. The van der Waals surface area contributed by atoms with Crippen LogP contribution >= 0.6 is 11.3 Å². The van der Waals surface area contributed by atoms with Crippen molar-refractivity contribution in [2.45, 2.75) is 11.1 Å². The third kappa shape index (κ3) is 4.73. The van der Waals surface area contributed by atoms with Crippen LogP contribution in [0.15, 0.2) is 64.2 Å². The number of halogens is 3. The number of carbonyl (C=O) groups is 1. The Morgan fingerprint density at radius 2 is 1.69 bits per heavy atom. The van der Waals surface area contributed by atoms with Crippen molar-refractivity contribution in [3.8, 4) is 11.1 Å². The Labute approximate surface area is 190 Å². The fraction of sp³-hybridized carbons (Fsp3) is 0.261. The number of carbonyl (C=O) groups excluding carboxylic acids is 1. The van der Waals surface area contributed by atoms with Gasteiger partial charge in [-0.25, -0.2) is 0 Å². The molecule has 0 bridgehead atoms. The van der Waals surface area contributed by atoms with Gasteiger partial charge in [0.05, 0.1) is 5.56 Å². The zero-order chi connectivity index (χ0) is 22.9. The lowest BCUT2D eigenvalue weighted by Crippen LogP contribution is -2.48. The quantitative estimate of drug-likeness (QED) is 0.522. The maximum atomic E-state index is 13.4. The SMILES string of the molecule is CS(=O)c1ccc(-c2ccsc2)c(C(=O)N2CCN(c3ccc(C(F)(F)F)cc3)CC2)c1. The van der Waals surface area contributed by atoms with Crippen LogP contribution in [0.25, 0.3) is 11.1 Å². The van der Waals surface area contributed by atoms with E-state index in [1.54, 1.807) is 23.3 Å². The van der Waals surface area contributed by atoms with E-state index < -0.39 is 22.5 Å². The van der Waals surface area contributed by atoms with Crippen molar-refractivity contribution in [2.24, 2.45) is 0 Å². The molecule has 0 aliphatic carbocycles. The summed E-state index contributed by atoms with van der Waals surface area (Å²) in [5, 5.41) is 3.91. The Kier molecular flexibility index (Phi) is 6.39. The first kappa shape index (κ1) is 22.5. The van der Waals surface area contributed by atoms with Gasteiger partial charge >= 0.3 is 6.18 Å². The largest absolute Gasteiger partial charge is 0.416 e. The van der Waals surface area contributed by atoms with Crippen molar-refractivity contribution in [3.05, 3.63) is 70.4 Å². The van der Waals surface area contributed by atoms with Crippen molar-refractivity contribution in [3.63, 3.8) is 0 Å². The predicted molar refractivity (Wildman–Crippen MR) is 122 cm³/mol. The minimum atomic E-state index is -4.36. The Balaban J connectivity index is 1.51. The zero-order valence-electron chi connectivity index (χ0n) is 17.3. The van der Waals surface area contributed by atoms with Crippen molar-refractivity contribution < 1.29 is 22.2 Å². The second-order valence-electron chi connectivity index (χ2n) is 7.50. The first-order valence-corrected chi connectivity index (χ1v) is 12.5. The van der Waals surface area contributed by atoms with Gasteiger partial charge in [0.15, 0.2) is 0 Å². The van der Waals surface area contributed by atoms with E-state index in [9.17, 15) is 22.2 Å². The molecule has 1 saturated heterocycles. The third-order valence-electron chi connectivity index (χ3n) is 5.51. The number of thiophene rings is 1. The number of anilines is 1. The van der Waals surface area contributed by atoms with Gasteiger partial charge in [0.1, 0.15) is 0 Å². The van der Waals surface area contributed by atoms with E-state index in [1.807, 2.05) is 27.8 Å². The number of amides is 1. The lowest BCUT2D eigenvalue weighted by molar-refractivity contribution is -0.137. The molecule has 1 atom stereocenters. The van der Waals surface area contributed by atoms with E-state index in [0.29, 0.717) is 42.3 Å². The van der Waals surface area contributed by atoms with Crippen LogP contribution in [0.1, 0.15) is 15.9 Å². The van der Waals surface area contributed by atoms with Gasteiger partial charge in [-0.2, -0.15) is 24.5 Å². The highest BCUT2D eigenvalue weighted by molar-refractivity contribution is 7.84. The van der Waals surface area contributed by atoms with Gasteiger partial charge in [0.25, 0.3) is 5.91 Å². The summed E-state index contributed by atoms with van der Waals surface area (Å²) in [5.74, 6) is -0.134. The molecule has 0 radical (unpaired) electrons. The molecule has 32 heavy (non-hydrogen) atoms. The minimum Gasteiger partial charge on any atom is -0.368 e. The summed E-state index contributed by atoms with van der Waals surface area (Å²) < 4.78 is 50.4. The summed E-state index contributed by atoms with van der Waals surface area (Å²) in [5.41, 5.74) is 2.28. The molecule has 1 unspecified atom stereocenters. The maximum Gasteiger partial charge on any atom is 0.416 e. The molecule has 0 spiro atoms. The van der Waals surface area contributed by atoms with E-state index >= 15 is 0 Å². The molecular weight excluding hydrogens is 457 g/mol. The molecule has 1 aromatic heterocycles. The zero-order valence-corrected chi connectivity index (χ0v) is 18.9. The summed E-state index contributed by atoms with van der Waals surface area (Å²) in [6, 6.07) is 12.4. The summed E-state index contributed by atoms with van der Waals surface area (Å²) >= 11 is 1.54. The lowest BCUT2D eigenvalue weighted by Gasteiger charge is -2.36. The van der Waals surface area contributed by atoms with Crippen LogP contribution in [0.4, 0.5) is 18.9 Å². The molecular formula is C23H21F3N2O2S2. The van der Waals surface area contributed by atoms with Crippen molar-refractivity contribution >= 4 is 33.7 Å². The van der Waals surface area contributed by atoms with E-state index in [-0.39, 0.29) is 5.91 Å². The van der Waals surface area contributed by atoms with Crippen LogP contribution in [0, 0.1) is 0 Å². The summed E-state index contributed by atoms with van der Waals surface area (Å²) in [6.45, 7) is 1.93. The topological polar surface area (TPSA) is 40.6 Å². The molecule has 4 rings (SSSR count).